The number of nitrogens with one attached hydrogen (secondary N) is 2. The largest absolute Gasteiger partial charge is 0.445 e. The number of fused-ring (bicyclic) bond motifs is 1. The lowest BCUT2D eigenvalue weighted by Crippen LogP contribution is -2.59. The first-order chi connectivity index (χ1) is 13.6. The molecular weight excluding hydrogens is 364 g/mol. The van der Waals surface area contributed by atoms with E-state index in [1.807, 2.05) is 24.3 Å². The van der Waals surface area contributed by atoms with E-state index >= 15 is 0 Å². The minimum absolute atomic E-state index is 0.177. The number of piperidine rings is 1. The van der Waals surface area contributed by atoms with E-state index in [4.69, 9.17) is 9.94 Å². The maximum Gasteiger partial charge on any atom is 0.410 e. The van der Waals surface area contributed by atoms with Crippen LogP contribution in [0.25, 0.3) is 0 Å². The van der Waals surface area contributed by atoms with Crippen LogP contribution in [0, 0.1) is 5.92 Å². The fourth-order valence-corrected chi connectivity index (χ4v) is 4.00. The number of nitrogens with zero attached hydrogens (tertiary/aromatic N) is 2. The molecule has 3 heterocycles. The van der Waals surface area contributed by atoms with Gasteiger partial charge in [-0.25, -0.2) is 10.3 Å². The van der Waals surface area contributed by atoms with Crippen molar-refractivity contribution in [2.24, 2.45) is 5.92 Å². The van der Waals surface area contributed by atoms with Crippen LogP contribution >= 0.6 is 0 Å². The number of hydroxylamine groups is 1. The van der Waals surface area contributed by atoms with Crippen molar-refractivity contribution in [1.82, 2.24) is 20.6 Å². The number of benzene rings is 1. The molecule has 2 fully saturated rings. The predicted molar refractivity (Wildman–Crippen MR) is 97.0 cm³/mol. The van der Waals surface area contributed by atoms with Gasteiger partial charge in [0.25, 0.3) is 0 Å². The number of amides is 3. The number of hydrogen-bond donors (Lipinski definition) is 3. The molecular formula is C19H24N4O5. The van der Waals surface area contributed by atoms with Crippen molar-refractivity contribution in [3.05, 3.63) is 35.4 Å². The fraction of sp³-hybridized carbons (Fsp3) is 0.526. The summed E-state index contributed by atoms with van der Waals surface area (Å²) in [5.74, 6) is -1.69. The molecule has 0 spiro atoms. The predicted octanol–water partition coefficient (Wildman–Crippen LogP) is 0.223. The van der Waals surface area contributed by atoms with Crippen molar-refractivity contribution >= 4 is 17.9 Å². The molecule has 1 aromatic carbocycles. The Balaban J connectivity index is 1.42. The summed E-state index contributed by atoms with van der Waals surface area (Å²) < 4.78 is 5.46. The summed E-state index contributed by atoms with van der Waals surface area (Å²) in [7, 11) is 0. The van der Waals surface area contributed by atoms with Crippen LogP contribution in [0.5, 0.6) is 0 Å². The minimum atomic E-state index is -0.829. The highest BCUT2D eigenvalue weighted by molar-refractivity contribution is 5.90. The Morgan fingerprint density at radius 3 is 2.36 bits per heavy atom. The summed E-state index contributed by atoms with van der Waals surface area (Å²) >= 11 is 0. The van der Waals surface area contributed by atoms with E-state index in [9.17, 15) is 14.4 Å². The highest BCUT2D eigenvalue weighted by Crippen LogP contribution is 2.27. The average Bonchev–Trinajstić information content (AvgIpc) is 3.09. The third-order valence-electron chi connectivity index (χ3n) is 5.73. The molecule has 28 heavy (non-hydrogen) atoms. The van der Waals surface area contributed by atoms with Gasteiger partial charge in [-0.1, -0.05) is 24.3 Å². The first-order valence-corrected chi connectivity index (χ1v) is 9.55. The molecule has 9 heteroatoms. The number of ether oxygens (including phenoxy) is 1. The molecule has 3 unspecified atom stereocenters. The molecule has 4 rings (SSSR count). The molecule has 3 aliphatic heterocycles. The Labute approximate surface area is 162 Å². The number of likely N-dealkylation sites (tertiary alicyclic amines) is 1. The summed E-state index contributed by atoms with van der Waals surface area (Å²) in [5.41, 5.74) is 3.83. The van der Waals surface area contributed by atoms with E-state index in [-0.39, 0.29) is 18.9 Å². The highest BCUT2D eigenvalue weighted by atomic mass is 16.6. The Kier molecular flexibility index (Phi) is 5.19. The van der Waals surface area contributed by atoms with Crippen LogP contribution in [0.3, 0.4) is 0 Å². The molecule has 3 atom stereocenters. The van der Waals surface area contributed by atoms with Gasteiger partial charge in [0, 0.05) is 32.7 Å². The van der Waals surface area contributed by atoms with E-state index in [1.54, 1.807) is 15.3 Å². The second-order valence-corrected chi connectivity index (χ2v) is 7.51. The van der Waals surface area contributed by atoms with E-state index < -0.39 is 30.1 Å². The lowest BCUT2D eigenvalue weighted by molar-refractivity contribution is -0.146. The Hall–Kier alpha value is -2.65. The van der Waals surface area contributed by atoms with Crippen molar-refractivity contribution < 1.29 is 24.3 Å². The number of carbonyl (C=O) groups excluding carboxylic acids is 3. The zero-order valence-corrected chi connectivity index (χ0v) is 15.5. The molecule has 150 valence electrons. The molecule has 0 saturated carbocycles. The van der Waals surface area contributed by atoms with Crippen LogP contribution < -0.4 is 10.8 Å². The van der Waals surface area contributed by atoms with Gasteiger partial charge in [0.1, 0.15) is 6.10 Å². The summed E-state index contributed by atoms with van der Waals surface area (Å²) in [6.45, 7) is 2.63. The SMILES string of the molecule is O=C(NO)C1CC(OC(=O)N2CCC2)CNC1C(=O)N1Cc2ccccc2C1. The van der Waals surface area contributed by atoms with Gasteiger partial charge in [-0.15, -0.1) is 0 Å². The fourth-order valence-electron chi connectivity index (χ4n) is 4.00. The molecule has 0 radical (unpaired) electrons. The number of hydrogen-bond acceptors (Lipinski definition) is 6. The van der Waals surface area contributed by atoms with Crippen LogP contribution in [0.4, 0.5) is 4.79 Å². The van der Waals surface area contributed by atoms with Gasteiger partial charge in [-0.05, 0) is 24.0 Å². The highest BCUT2D eigenvalue weighted by Gasteiger charge is 2.43. The van der Waals surface area contributed by atoms with Gasteiger partial charge in [0.05, 0.1) is 12.0 Å². The molecule has 0 bridgehead atoms. The van der Waals surface area contributed by atoms with E-state index in [1.165, 1.54) is 0 Å². The van der Waals surface area contributed by atoms with Crippen LogP contribution in [0.2, 0.25) is 0 Å². The molecule has 2 saturated heterocycles. The van der Waals surface area contributed by atoms with Gasteiger partial charge in [-0.3, -0.25) is 14.8 Å². The normalized spacial score (nSPS) is 26.2. The van der Waals surface area contributed by atoms with Crippen molar-refractivity contribution in [2.45, 2.75) is 38.1 Å². The lowest BCUT2D eigenvalue weighted by Gasteiger charge is -2.38. The summed E-state index contributed by atoms with van der Waals surface area (Å²) in [5, 5.41) is 12.2. The van der Waals surface area contributed by atoms with Crippen LogP contribution in [0.1, 0.15) is 24.0 Å². The Morgan fingerprint density at radius 1 is 1.11 bits per heavy atom. The third kappa shape index (κ3) is 3.55. The maximum absolute atomic E-state index is 13.1. The summed E-state index contributed by atoms with van der Waals surface area (Å²) in [4.78, 5) is 40.6. The molecule has 0 aromatic heterocycles. The molecule has 3 amide bonds. The Bertz CT molecular complexity index is 756. The zero-order chi connectivity index (χ0) is 19.7. The van der Waals surface area contributed by atoms with Crippen molar-refractivity contribution in [3.8, 4) is 0 Å². The second kappa shape index (κ2) is 7.76. The molecule has 3 N–H and O–H groups in total. The molecule has 1 aromatic rings. The first kappa shape index (κ1) is 18.7. The topological polar surface area (TPSA) is 111 Å². The minimum Gasteiger partial charge on any atom is -0.445 e. The number of rotatable bonds is 3. The third-order valence-corrected chi connectivity index (χ3v) is 5.73. The van der Waals surface area contributed by atoms with Gasteiger partial charge in [0.2, 0.25) is 11.8 Å². The molecule has 0 aliphatic carbocycles. The number of carbonyl (C=O) groups is 3. The quantitative estimate of drug-likeness (QED) is 0.505. The van der Waals surface area contributed by atoms with E-state index in [0.29, 0.717) is 26.2 Å². The zero-order valence-electron chi connectivity index (χ0n) is 15.5. The van der Waals surface area contributed by atoms with Crippen LogP contribution in [-0.2, 0) is 27.4 Å². The second-order valence-electron chi connectivity index (χ2n) is 7.51. The summed E-state index contributed by atoms with van der Waals surface area (Å²) in [6, 6.07) is 7.07. The maximum atomic E-state index is 13.1. The van der Waals surface area contributed by atoms with Crippen LogP contribution in [0.15, 0.2) is 24.3 Å². The molecule has 3 aliphatic rings. The van der Waals surface area contributed by atoms with E-state index in [0.717, 1.165) is 17.5 Å². The van der Waals surface area contributed by atoms with Crippen molar-refractivity contribution in [1.29, 1.82) is 0 Å². The smallest absolute Gasteiger partial charge is 0.410 e. The molecule has 9 nitrogen and oxygen atoms in total. The van der Waals surface area contributed by atoms with Crippen molar-refractivity contribution in [3.63, 3.8) is 0 Å². The van der Waals surface area contributed by atoms with E-state index in [2.05, 4.69) is 5.32 Å². The van der Waals surface area contributed by atoms with Gasteiger partial charge in [0.15, 0.2) is 0 Å². The van der Waals surface area contributed by atoms with Gasteiger partial charge in [-0.2, -0.15) is 0 Å². The first-order valence-electron chi connectivity index (χ1n) is 9.55. The standard InChI is InChI=1S/C19H24N4O5/c24-17(21-27)15-8-14(28-19(26)22-6-3-7-22)9-20-16(15)18(25)23-10-12-4-1-2-5-13(12)11-23/h1-2,4-5,14-16,20,27H,3,6-11H2,(H,21,24). The van der Waals surface area contributed by atoms with Crippen LogP contribution in [-0.4, -0.2) is 64.7 Å². The van der Waals surface area contributed by atoms with Gasteiger partial charge < -0.3 is 19.9 Å². The van der Waals surface area contributed by atoms with Gasteiger partial charge >= 0.3 is 6.09 Å². The summed E-state index contributed by atoms with van der Waals surface area (Å²) in [6.07, 6.45) is 0.203. The monoisotopic (exact) mass is 388 g/mol. The van der Waals surface area contributed by atoms with Crippen molar-refractivity contribution in [2.75, 3.05) is 19.6 Å². The Morgan fingerprint density at radius 2 is 1.79 bits per heavy atom. The average molecular weight is 388 g/mol. The lowest BCUT2D eigenvalue weighted by atomic mass is 9.87.